The van der Waals surface area contributed by atoms with Crippen LogP contribution >= 0.6 is 0 Å². The van der Waals surface area contributed by atoms with Crippen molar-refractivity contribution < 1.29 is 14.6 Å². The summed E-state index contributed by atoms with van der Waals surface area (Å²) in [5, 5.41) is 12.9. The number of ether oxygens (including phenoxy) is 1. The van der Waals surface area contributed by atoms with Crippen LogP contribution in [0.25, 0.3) is 0 Å². The van der Waals surface area contributed by atoms with E-state index in [1.165, 1.54) is 0 Å². The fourth-order valence-corrected chi connectivity index (χ4v) is 2.12. The van der Waals surface area contributed by atoms with Crippen LogP contribution < -0.4 is 5.32 Å². The number of benzene rings is 1. The molecule has 0 aliphatic carbocycles. The summed E-state index contributed by atoms with van der Waals surface area (Å²) in [4.78, 5) is 11.9. The summed E-state index contributed by atoms with van der Waals surface area (Å²) in [6.45, 7) is 2.38. The Labute approximate surface area is 119 Å². The number of carbonyl (C=O) groups excluding carboxylic acids is 1. The van der Waals surface area contributed by atoms with Crippen molar-refractivity contribution >= 4 is 5.91 Å². The molecule has 1 aliphatic heterocycles. The van der Waals surface area contributed by atoms with E-state index in [1.54, 1.807) is 13.0 Å². The molecule has 2 N–H and O–H groups in total. The summed E-state index contributed by atoms with van der Waals surface area (Å²) in [7, 11) is 0. The molecule has 0 bridgehead atoms. The number of hydrogen-bond donors (Lipinski definition) is 2. The summed E-state index contributed by atoms with van der Waals surface area (Å²) in [5.41, 5.74) is 1.05. The van der Waals surface area contributed by atoms with Crippen molar-refractivity contribution in [2.24, 2.45) is 0 Å². The first-order valence-corrected chi connectivity index (χ1v) is 7.02. The van der Waals surface area contributed by atoms with Gasteiger partial charge in [-0.3, -0.25) is 4.79 Å². The summed E-state index contributed by atoms with van der Waals surface area (Å²) in [5.74, 6) is 0.124. The van der Waals surface area contributed by atoms with E-state index < -0.39 is 6.10 Å². The largest absolute Gasteiger partial charge is 0.488 e. The van der Waals surface area contributed by atoms with Gasteiger partial charge in [-0.15, -0.1) is 0 Å². The Morgan fingerprint density at radius 2 is 2.15 bits per heavy atom. The van der Waals surface area contributed by atoms with Gasteiger partial charge in [0.15, 0.2) is 5.76 Å². The molecule has 1 heterocycles. The SMILES string of the molecule is CC(NC(=O)C1=CCCCO1)C(O)Cc1ccccc1. The van der Waals surface area contributed by atoms with E-state index in [0.717, 1.165) is 18.4 Å². The maximum absolute atomic E-state index is 11.9. The Balaban J connectivity index is 1.86. The molecule has 0 saturated carbocycles. The van der Waals surface area contributed by atoms with Crippen LogP contribution in [0.3, 0.4) is 0 Å². The molecule has 2 atom stereocenters. The van der Waals surface area contributed by atoms with E-state index >= 15 is 0 Å². The van der Waals surface area contributed by atoms with Crippen LogP contribution in [0.2, 0.25) is 0 Å². The van der Waals surface area contributed by atoms with Crippen molar-refractivity contribution in [3.63, 3.8) is 0 Å². The van der Waals surface area contributed by atoms with Crippen molar-refractivity contribution in [1.29, 1.82) is 0 Å². The molecule has 1 aromatic rings. The molecular formula is C16H21NO3. The second-order valence-corrected chi connectivity index (χ2v) is 5.08. The summed E-state index contributed by atoms with van der Waals surface area (Å²) in [6, 6.07) is 9.41. The third-order valence-corrected chi connectivity index (χ3v) is 3.38. The number of hydrogen-bond acceptors (Lipinski definition) is 3. The molecule has 0 fully saturated rings. The standard InChI is InChI=1S/C16H21NO3/c1-12(14(18)11-13-7-3-2-4-8-13)17-16(19)15-9-5-6-10-20-15/h2-4,7-9,12,14,18H,5-6,10-11H2,1H3,(H,17,19). The van der Waals surface area contributed by atoms with Crippen molar-refractivity contribution in [3.8, 4) is 0 Å². The van der Waals surface area contributed by atoms with Crippen LogP contribution in [0, 0.1) is 0 Å². The van der Waals surface area contributed by atoms with Crippen LogP contribution in [0.1, 0.15) is 25.3 Å². The van der Waals surface area contributed by atoms with Crippen molar-refractivity contribution in [3.05, 3.63) is 47.7 Å². The minimum Gasteiger partial charge on any atom is -0.488 e. The highest BCUT2D eigenvalue weighted by atomic mass is 16.5. The van der Waals surface area contributed by atoms with Crippen molar-refractivity contribution in [1.82, 2.24) is 5.32 Å². The monoisotopic (exact) mass is 275 g/mol. The molecule has 0 spiro atoms. The zero-order chi connectivity index (χ0) is 14.4. The Morgan fingerprint density at radius 3 is 2.80 bits per heavy atom. The van der Waals surface area contributed by atoms with Crippen molar-refractivity contribution in [2.45, 2.75) is 38.3 Å². The van der Waals surface area contributed by atoms with Gasteiger partial charge in [-0.25, -0.2) is 0 Å². The Bertz CT molecular complexity index is 470. The van der Waals surface area contributed by atoms with Gasteiger partial charge in [0.05, 0.1) is 18.8 Å². The Kier molecular flexibility index (Phi) is 5.18. The van der Waals surface area contributed by atoms with Gasteiger partial charge < -0.3 is 15.2 Å². The highest BCUT2D eigenvalue weighted by Crippen LogP contribution is 2.11. The minimum atomic E-state index is -0.620. The van der Waals surface area contributed by atoms with E-state index in [4.69, 9.17) is 4.74 Å². The average Bonchev–Trinajstić information content (AvgIpc) is 2.49. The molecule has 108 valence electrons. The lowest BCUT2D eigenvalue weighted by Crippen LogP contribution is -2.43. The van der Waals surface area contributed by atoms with Crippen LogP contribution in [-0.4, -0.2) is 29.8 Å². The smallest absolute Gasteiger partial charge is 0.286 e. The number of aliphatic hydroxyl groups excluding tert-OH is 1. The zero-order valence-corrected chi connectivity index (χ0v) is 11.7. The molecule has 0 saturated heterocycles. The molecule has 0 radical (unpaired) electrons. The fourth-order valence-electron chi connectivity index (χ4n) is 2.12. The predicted octanol–water partition coefficient (Wildman–Crippen LogP) is 1.79. The van der Waals surface area contributed by atoms with E-state index in [1.807, 2.05) is 30.3 Å². The quantitative estimate of drug-likeness (QED) is 0.861. The number of allylic oxidation sites excluding steroid dienone is 1. The van der Waals surface area contributed by atoms with E-state index in [9.17, 15) is 9.90 Å². The molecule has 1 aliphatic rings. The highest BCUT2D eigenvalue weighted by Gasteiger charge is 2.20. The first-order valence-electron chi connectivity index (χ1n) is 7.02. The average molecular weight is 275 g/mol. The van der Waals surface area contributed by atoms with Gasteiger partial charge in [0.25, 0.3) is 5.91 Å². The van der Waals surface area contributed by atoms with Gasteiger partial charge in [0.2, 0.25) is 0 Å². The molecule has 1 amide bonds. The lowest BCUT2D eigenvalue weighted by atomic mass is 10.0. The summed E-state index contributed by atoms with van der Waals surface area (Å²) < 4.78 is 5.31. The Morgan fingerprint density at radius 1 is 1.40 bits per heavy atom. The first-order chi connectivity index (χ1) is 9.66. The second-order valence-electron chi connectivity index (χ2n) is 5.08. The molecule has 2 unspecified atom stereocenters. The van der Waals surface area contributed by atoms with E-state index in [2.05, 4.69) is 5.32 Å². The van der Waals surface area contributed by atoms with Gasteiger partial charge >= 0.3 is 0 Å². The molecule has 4 heteroatoms. The minimum absolute atomic E-state index is 0.246. The second kappa shape index (κ2) is 7.10. The van der Waals surface area contributed by atoms with Gasteiger partial charge in [-0.05, 0) is 31.4 Å². The number of carbonyl (C=O) groups is 1. The van der Waals surface area contributed by atoms with Crippen LogP contribution in [0.4, 0.5) is 0 Å². The predicted molar refractivity (Wildman–Crippen MR) is 77.0 cm³/mol. The first kappa shape index (κ1) is 14.6. The topological polar surface area (TPSA) is 58.6 Å². The highest BCUT2D eigenvalue weighted by molar-refractivity contribution is 5.91. The van der Waals surface area contributed by atoms with Crippen LogP contribution in [0.15, 0.2) is 42.2 Å². The number of rotatable bonds is 5. The zero-order valence-electron chi connectivity index (χ0n) is 11.7. The third kappa shape index (κ3) is 4.10. The summed E-state index contributed by atoms with van der Waals surface area (Å²) >= 11 is 0. The van der Waals surface area contributed by atoms with Crippen LogP contribution in [0.5, 0.6) is 0 Å². The molecule has 0 aromatic heterocycles. The molecule has 4 nitrogen and oxygen atoms in total. The molecule has 20 heavy (non-hydrogen) atoms. The summed E-state index contributed by atoms with van der Waals surface area (Å²) in [6.07, 6.45) is 3.51. The van der Waals surface area contributed by atoms with Gasteiger partial charge in [-0.2, -0.15) is 0 Å². The Hall–Kier alpha value is -1.81. The molecular weight excluding hydrogens is 254 g/mol. The fraction of sp³-hybridized carbons (Fsp3) is 0.438. The lowest BCUT2D eigenvalue weighted by Gasteiger charge is -2.22. The number of amides is 1. The van der Waals surface area contributed by atoms with Gasteiger partial charge in [-0.1, -0.05) is 30.3 Å². The van der Waals surface area contributed by atoms with E-state index in [-0.39, 0.29) is 11.9 Å². The number of aliphatic hydroxyl groups is 1. The third-order valence-electron chi connectivity index (χ3n) is 3.38. The number of nitrogens with one attached hydrogen (secondary N) is 1. The molecule has 1 aromatic carbocycles. The molecule has 2 rings (SSSR count). The lowest BCUT2D eigenvalue weighted by molar-refractivity contribution is -0.122. The van der Waals surface area contributed by atoms with Gasteiger partial charge in [0, 0.05) is 6.42 Å². The maximum atomic E-state index is 11.9. The van der Waals surface area contributed by atoms with Crippen molar-refractivity contribution in [2.75, 3.05) is 6.61 Å². The normalized spacial score (nSPS) is 17.6. The maximum Gasteiger partial charge on any atom is 0.286 e. The van der Waals surface area contributed by atoms with E-state index in [0.29, 0.717) is 18.8 Å². The van der Waals surface area contributed by atoms with Gasteiger partial charge in [0.1, 0.15) is 0 Å². The van der Waals surface area contributed by atoms with Crippen LogP contribution in [-0.2, 0) is 16.0 Å².